The summed E-state index contributed by atoms with van der Waals surface area (Å²) in [6, 6.07) is 11.7. The van der Waals surface area contributed by atoms with E-state index in [0.717, 1.165) is 11.1 Å². The van der Waals surface area contributed by atoms with Gasteiger partial charge >= 0.3 is 0 Å². The summed E-state index contributed by atoms with van der Waals surface area (Å²) in [5.74, 6) is 0. The molecule has 0 saturated heterocycles. The number of alkyl halides is 4. The largest absolute Gasteiger partial charge is 0.375 e. The van der Waals surface area contributed by atoms with E-state index in [1.165, 1.54) is 24.3 Å². The highest BCUT2D eigenvalue weighted by molar-refractivity contribution is 7.89. The summed E-state index contributed by atoms with van der Waals surface area (Å²) in [6.07, 6.45) is -2.92. The lowest BCUT2D eigenvalue weighted by Gasteiger charge is -2.14. The number of benzene rings is 2. The van der Waals surface area contributed by atoms with Gasteiger partial charge in [-0.05, 0) is 41.8 Å². The normalized spacial score (nSPS) is 14.7. The van der Waals surface area contributed by atoms with Gasteiger partial charge in [-0.3, -0.25) is 0 Å². The molecule has 2 aromatic rings. The lowest BCUT2D eigenvalue weighted by Crippen LogP contribution is -2.38. The summed E-state index contributed by atoms with van der Waals surface area (Å²) in [5.41, 5.74) is 1.51. The molecule has 31 heavy (non-hydrogen) atoms. The van der Waals surface area contributed by atoms with Crippen molar-refractivity contribution in [2.24, 2.45) is 0 Å². The van der Waals surface area contributed by atoms with Crippen LogP contribution in [0.15, 0.2) is 58.3 Å². The average Bonchev–Trinajstić information content (AvgIpc) is 2.68. The van der Waals surface area contributed by atoms with Crippen LogP contribution < -0.4 is 9.44 Å². The zero-order valence-electron chi connectivity index (χ0n) is 15.5. The Morgan fingerprint density at radius 3 is 1.19 bits per heavy atom. The molecule has 0 aliphatic rings. The number of rotatable bonds is 10. The molecule has 0 spiro atoms. The maximum Gasteiger partial charge on any atom is 0.242 e. The number of halogens is 4. The van der Waals surface area contributed by atoms with Crippen LogP contribution in [0.3, 0.4) is 0 Å². The van der Waals surface area contributed by atoms with Crippen LogP contribution in [0, 0.1) is 0 Å². The summed E-state index contributed by atoms with van der Waals surface area (Å²) in [4.78, 5) is -2.84. The third-order valence-electron chi connectivity index (χ3n) is 3.90. The summed E-state index contributed by atoms with van der Waals surface area (Å²) >= 11 is 21.8. The van der Waals surface area contributed by atoms with Crippen LogP contribution in [-0.2, 0) is 26.5 Å². The van der Waals surface area contributed by atoms with Gasteiger partial charge in [-0.15, -0.1) is 46.4 Å². The van der Waals surface area contributed by atoms with Crippen molar-refractivity contribution in [1.29, 1.82) is 0 Å². The number of aliphatic hydroxyl groups excluding tert-OH is 2. The third kappa shape index (κ3) is 7.71. The number of hydrogen-bond acceptors (Lipinski definition) is 6. The van der Waals surface area contributed by atoms with Gasteiger partial charge in [0.05, 0.1) is 9.79 Å². The second kappa shape index (κ2) is 11.0. The predicted molar refractivity (Wildman–Crippen MR) is 119 cm³/mol. The molecule has 2 rings (SSSR count). The van der Waals surface area contributed by atoms with Crippen LogP contribution in [0.1, 0.15) is 11.1 Å². The van der Waals surface area contributed by atoms with E-state index in [4.69, 9.17) is 46.4 Å². The van der Waals surface area contributed by atoms with Gasteiger partial charge in [0.15, 0.2) is 0 Å². The molecule has 0 fully saturated rings. The monoisotopic (exact) mass is 550 g/mol. The van der Waals surface area contributed by atoms with E-state index >= 15 is 0 Å². The topological polar surface area (TPSA) is 133 Å². The van der Waals surface area contributed by atoms with E-state index < -0.39 is 42.2 Å². The van der Waals surface area contributed by atoms with Crippen LogP contribution in [0.2, 0.25) is 0 Å². The van der Waals surface area contributed by atoms with Crippen molar-refractivity contribution in [2.45, 2.75) is 38.3 Å². The minimum Gasteiger partial charge on any atom is -0.375 e. The molecule has 0 bridgehead atoms. The molecule has 0 aromatic heterocycles. The van der Waals surface area contributed by atoms with Crippen molar-refractivity contribution in [1.82, 2.24) is 9.44 Å². The van der Waals surface area contributed by atoms with Gasteiger partial charge < -0.3 is 10.2 Å². The molecular weight excluding hydrogens is 534 g/mol. The van der Waals surface area contributed by atoms with Crippen LogP contribution in [0.4, 0.5) is 0 Å². The fourth-order valence-electron chi connectivity index (χ4n) is 2.37. The molecule has 4 N–H and O–H groups in total. The van der Waals surface area contributed by atoms with Crippen molar-refractivity contribution in [2.75, 3.05) is 0 Å². The van der Waals surface area contributed by atoms with E-state index in [9.17, 15) is 27.0 Å². The Balaban J connectivity index is 2.09. The number of aliphatic hydroxyl groups is 2. The lowest BCUT2D eigenvalue weighted by molar-refractivity contribution is 0.177. The Labute approximate surface area is 200 Å². The highest BCUT2D eigenvalue weighted by Gasteiger charge is 2.23. The Morgan fingerprint density at radius 1 is 0.645 bits per heavy atom. The highest BCUT2D eigenvalue weighted by Crippen LogP contribution is 2.18. The first-order valence-corrected chi connectivity index (χ1v) is 13.2. The van der Waals surface area contributed by atoms with E-state index in [2.05, 4.69) is 0 Å². The van der Waals surface area contributed by atoms with Crippen molar-refractivity contribution < 1.29 is 27.0 Å². The predicted octanol–water partition coefficient (Wildman–Crippen LogP) is 2.08. The molecule has 0 radical (unpaired) electrons. The average molecular weight is 552 g/mol. The number of sulfonamides is 2. The van der Waals surface area contributed by atoms with Crippen LogP contribution in [0.5, 0.6) is 0 Å². The zero-order valence-corrected chi connectivity index (χ0v) is 20.1. The molecule has 0 amide bonds. The Hall–Kier alpha value is -0.660. The van der Waals surface area contributed by atoms with E-state index in [1.54, 1.807) is 24.3 Å². The minimum absolute atomic E-state index is 0.0905. The van der Waals surface area contributed by atoms with Crippen LogP contribution in [0.25, 0.3) is 0 Å². The molecule has 0 aliphatic carbocycles. The van der Waals surface area contributed by atoms with Crippen molar-refractivity contribution in [3.05, 3.63) is 59.7 Å². The molecule has 172 valence electrons. The smallest absolute Gasteiger partial charge is 0.242 e. The maximum atomic E-state index is 12.2. The highest BCUT2D eigenvalue weighted by atomic mass is 35.5. The van der Waals surface area contributed by atoms with E-state index in [-0.39, 0.29) is 9.79 Å². The molecule has 0 heterocycles. The standard InChI is InChI=1S/C17H18Cl4N2O6S2/c18-14(19)16(24)22-30(26,27)12-5-1-10(2-6-12)9-11-3-7-13(8-4-11)31(28,29)23-17(25)15(20)21/h1-8,14-17,22-25H,9H2. The Kier molecular flexibility index (Phi) is 9.41. The van der Waals surface area contributed by atoms with Crippen LogP contribution >= 0.6 is 46.4 Å². The minimum atomic E-state index is -4.01. The fourth-order valence-corrected chi connectivity index (χ4v) is 5.09. The van der Waals surface area contributed by atoms with Gasteiger partial charge in [-0.25, -0.2) is 16.8 Å². The molecule has 8 nitrogen and oxygen atoms in total. The van der Waals surface area contributed by atoms with Gasteiger partial charge in [0.25, 0.3) is 0 Å². The van der Waals surface area contributed by atoms with Crippen molar-refractivity contribution in [3.8, 4) is 0 Å². The summed E-state index contributed by atoms with van der Waals surface area (Å²) in [7, 11) is -8.03. The van der Waals surface area contributed by atoms with Gasteiger partial charge in [0, 0.05) is 0 Å². The third-order valence-corrected chi connectivity index (χ3v) is 7.75. The summed E-state index contributed by atoms with van der Waals surface area (Å²) in [5, 5.41) is 19.0. The van der Waals surface area contributed by atoms with Gasteiger partial charge in [-0.1, -0.05) is 24.3 Å². The summed E-state index contributed by atoms with van der Waals surface area (Å²) < 4.78 is 52.6. The molecule has 0 aliphatic heterocycles. The van der Waals surface area contributed by atoms with Crippen LogP contribution in [-0.4, -0.2) is 49.2 Å². The van der Waals surface area contributed by atoms with E-state index in [1.807, 2.05) is 9.44 Å². The number of nitrogens with one attached hydrogen (secondary N) is 2. The number of hydrogen-bond donors (Lipinski definition) is 4. The zero-order chi connectivity index (χ0) is 23.4. The lowest BCUT2D eigenvalue weighted by atomic mass is 10.1. The van der Waals surface area contributed by atoms with Gasteiger partial charge in [-0.2, -0.15) is 9.44 Å². The van der Waals surface area contributed by atoms with Crippen molar-refractivity contribution in [3.63, 3.8) is 0 Å². The van der Waals surface area contributed by atoms with Gasteiger partial charge in [0.2, 0.25) is 20.0 Å². The van der Waals surface area contributed by atoms with Gasteiger partial charge in [0.1, 0.15) is 22.1 Å². The first-order chi connectivity index (χ1) is 14.3. The second-order valence-electron chi connectivity index (χ2n) is 6.27. The van der Waals surface area contributed by atoms with E-state index in [0.29, 0.717) is 6.42 Å². The summed E-state index contributed by atoms with van der Waals surface area (Å²) in [6.45, 7) is 0. The molecule has 2 unspecified atom stereocenters. The molecular formula is C17H18Cl4N2O6S2. The molecule has 2 atom stereocenters. The molecule has 2 aromatic carbocycles. The second-order valence-corrected chi connectivity index (χ2v) is 12.0. The quantitative estimate of drug-likeness (QED) is 0.264. The SMILES string of the molecule is O=S(=O)(NC(O)C(Cl)Cl)c1ccc(Cc2ccc(S(=O)(=O)NC(O)C(Cl)Cl)cc2)cc1. The first kappa shape index (κ1) is 26.6. The molecule has 14 heteroatoms. The fraction of sp³-hybridized carbons (Fsp3) is 0.294. The first-order valence-electron chi connectivity index (χ1n) is 8.47. The molecule has 0 saturated carbocycles. The van der Waals surface area contributed by atoms with Crippen molar-refractivity contribution >= 4 is 66.5 Å². The Bertz CT molecular complexity index is 991. The Morgan fingerprint density at radius 2 is 0.935 bits per heavy atom. The maximum absolute atomic E-state index is 12.2.